The fraction of sp³-hybridized carbons (Fsp3) is 0.417. The van der Waals surface area contributed by atoms with E-state index in [0.717, 1.165) is 5.56 Å². The molecule has 0 saturated heterocycles. The first-order chi connectivity index (χ1) is 8.71. The molecule has 0 fully saturated rings. The Kier molecular flexibility index (Phi) is 5.51. The Bertz CT molecular complexity index is 541. The highest BCUT2D eigenvalue weighted by Crippen LogP contribution is 2.12. The molecule has 106 valence electrons. The SMILES string of the molecule is CC(C)C(Br)C(=O)NCc1ccc(S(N)(=O)=O)cc1. The van der Waals surface area contributed by atoms with Crippen molar-refractivity contribution in [3.05, 3.63) is 29.8 Å². The summed E-state index contributed by atoms with van der Waals surface area (Å²) in [6.45, 7) is 4.23. The van der Waals surface area contributed by atoms with Gasteiger partial charge in [-0.2, -0.15) is 0 Å². The number of hydrogen-bond acceptors (Lipinski definition) is 3. The van der Waals surface area contributed by atoms with Gasteiger partial charge in [-0.15, -0.1) is 0 Å². The van der Waals surface area contributed by atoms with Crippen molar-refractivity contribution in [2.75, 3.05) is 0 Å². The molecule has 19 heavy (non-hydrogen) atoms. The fourth-order valence-electron chi connectivity index (χ4n) is 1.39. The summed E-state index contributed by atoms with van der Waals surface area (Å²) in [5, 5.41) is 7.77. The number of benzene rings is 1. The van der Waals surface area contributed by atoms with E-state index in [-0.39, 0.29) is 21.5 Å². The first-order valence-electron chi connectivity index (χ1n) is 5.75. The third-order valence-corrected chi connectivity index (χ3v) is 4.96. The van der Waals surface area contributed by atoms with Gasteiger partial charge in [0.2, 0.25) is 15.9 Å². The maximum absolute atomic E-state index is 11.7. The molecule has 3 N–H and O–H groups in total. The Morgan fingerprint density at radius 2 is 1.84 bits per heavy atom. The van der Waals surface area contributed by atoms with Gasteiger partial charge in [-0.25, -0.2) is 13.6 Å². The molecular formula is C12H17BrN2O3S. The molecule has 1 amide bonds. The van der Waals surface area contributed by atoms with Crippen molar-refractivity contribution in [3.8, 4) is 0 Å². The van der Waals surface area contributed by atoms with E-state index in [4.69, 9.17) is 5.14 Å². The topological polar surface area (TPSA) is 89.3 Å². The number of rotatable bonds is 5. The molecular weight excluding hydrogens is 332 g/mol. The van der Waals surface area contributed by atoms with Gasteiger partial charge >= 0.3 is 0 Å². The highest BCUT2D eigenvalue weighted by Gasteiger charge is 2.17. The molecule has 1 atom stereocenters. The van der Waals surface area contributed by atoms with Crippen LogP contribution >= 0.6 is 15.9 Å². The Hall–Kier alpha value is -0.920. The van der Waals surface area contributed by atoms with E-state index in [1.165, 1.54) is 12.1 Å². The molecule has 7 heteroatoms. The number of carbonyl (C=O) groups is 1. The lowest BCUT2D eigenvalue weighted by Crippen LogP contribution is -2.33. The predicted octanol–water partition coefficient (Wildman–Crippen LogP) is 1.37. The highest BCUT2D eigenvalue weighted by atomic mass is 79.9. The lowest BCUT2D eigenvalue weighted by molar-refractivity contribution is -0.121. The summed E-state index contributed by atoms with van der Waals surface area (Å²) in [6.07, 6.45) is 0. The van der Waals surface area contributed by atoms with Gasteiger partial charge in [0, 0.05) is 6.54 Å². The minimum absolute atomic E-state index is 0.0584. The summed E-state index contributed by atoms with van der Waals surface area (Å²) in [5.41, 5.74) is 0.809. The van der Waals surface area contributed by atoms with Crippen LogP contribution in [0.15, 0.2) is 29.2 Å². The lowest BCUT2D eigenvalue weighted by Gasteiger charge is -2.13. The summed E-state index contributed by atoms with van der Waals surface area (Å²) >= 11 is 3.31. The number of sulfonamides is 1. The second kappa shape index (κ2) is 6.49. The third-order valence-electron chi connectivity index (χ3n) is 2.55. The van der Waals surface area contributed by atoms with Crippen molar-refractivity contribution in [1.29, 1.82) is 0 Å². The van der Waals surface area contributed by atoms with Crippen LogP contribution in [0, 0.1) is 5.92 Å². The van der Waals surface area contributed by atoms with Crippen molar-refractivity contribution >= 4 is 31.9 Å². The molecule has 0 radical (unpaired) electrons. The average molecular weight is 349 g/mol. The highest BCUT2D eigenvalue weighted by molar-refractivity contribution is 9.10. The summed E-state index contributed by atoms with van der Waals surface area (Å²) in [4.78, 5) is 11.5. The Morgan fingerprint density at radius 1 is 1.32 bits per heavy atom. The zero-order valence-electron chi connectivity index (χ0n) is 10.8. The van der Waals surface area contributed by atoms with Crippen molar-refractivity contribution in [2.24, 2.45) is 11.1 Å². The van der Waals surface area contributed by atoms with Gasteiger partial charge in [-0.3, -0.25) is 4.79 Å². The van der Waals surface area contributed by atoms with Gasteiger partial charge in [-0.05, 0) is 23.6 Å². The maximum atomic E-state index is 11.7. The quantitative estimate of drug-likeness (QED) is 0.787. The monoisotopic (exact) mass is 348 g/mol. The standard InChI is InChI=1S/C12H17BrN2O3S/c1-8(2)11(13)12(16)15-7-9-3-5-10(6-4-9)19(14,17)18/h3-6,8,11H,7H2,1-2H3,(H,15,16)(H2,14,17,18). The zero-order chi connectivity index (χ0) is 14.6. The molecule has 1 aromatic carbocycles. The Balaban J connectivity index is 2.63. The van der Waals surface area contributed by atoms with E-state index in [1.807, 2.05) is 13.8 Å². The molecule has 0 aliphatic carbocycles. The van der Waals surface area contributed by atoms with Crippen LogP contribution in [0.5, 0.6) is 0 Å². The number of hydrogen-bond donors (Lipinski definition) is 2. The van der Waals surface area contributed by atoms with Crippen molar-refractivity contribution in [3.63, 3.8) is 0 Å². The third kappa shape index (κ3) is 4.93. The van der Waals surface area contributed by atoms with E-state index >= 15 is 0 Å². The Morgan fingerprint density at radius 3 is 2.26 bits per heavy atom. The summed E-state index contributed by atoms with van der Waals surface area (Å²) < 4.78 is 22.2. The molecule has 0 aromatic heterocycles. The van der Waals surface area contributed by atoms with Crippen molar-refractivity contribution in [2.45, 2.75) is 30.1 Å². The number of primary sulfonamides is 1. The molecule has 0 bridgehead atoms. The number of nitrogens with two attached hydrogens (primary N) is 1. The van der Waals surface area contributed by atoms with Crippen LogP contribution in [0.25, 0.3) is 0 Å². The van der Waals surface area contributed by atoms with Gasteiger partial charge in [-0.1, -0.05) is 41.9 Å². The summed E-state index contributed by atoms with van der Waals surface area (Å²) in [6, 6.07) is 6.09. The molecule has 1 unspecified atom stereocenters. The first-order valence-corrected chi connectivity index (χ1v) is 8.21. The molecule has 0 aliphatic rings. The van der Waals surface area contributed by atoms with Gasteiger partial charge in [0.1, 0.15) is 0 Å². The first kappa shape index (κ1) is 16.1. The van der Waals surface area contributed by atoms with E-state index in [1.54, 1.807) is 12.1 Å². The van der Waals surface area contributed by atoms with Crippen LogP contribution in [0.1, 0.15) is 19.4 Å². The number of halogens is 1. The minimum Gasteiger partial charge on any atom is -0.351 e. The normalized spacial score (nSPS) is 13.3. The molecule has 0 spiro atoms. The van der Waals surface area contributed by atoms with Gasteiger partial charge in [0.15, 0.2) is 0 Å². The molecule has 5 nitrogen and oxygen atoms in total. The largest absolute Gasteiger partial charge is 0.351 e. The summed E-state index contributed by atoms with van der Waals surface area (Å²) in [5.74, 6) is 0.107. The molecule has 1 rings (SSSR count). The molecule has 0 saturated carbocycles. The molecule has 1 aromatic rings. The maximum Gasteiger partial charge on any atom is 0.238 e. The molecule has 0 aliphatic heterocycles. The number of carbonyl (C=O) groups excluding carboxylic acids is 1. The molecule has 0 heterocycles. The van der Waals surface area contributed by atoms with E-state index in [9.17, 15) is 13.2 Å². The van der Waals surface area contributed by atoms with Crippen molar-refractivity contribution in [1.82, 2.24) is 5.32 Å². The van der Waals surface area contributed by atoms with Crippen LogP contribution in [0.3, 0.4) is 0 Å². The number of alkyl halides is 1. The lowest BCUT2D eigenvalue weighted by atomic mass is 10.1. The zero-order valence-corrected chi connectivity index (χ0v) is 13.2. The number of amides is 1. The van der Waals surface area contributed by atoms with Gasteiger partial charge in [0.05, 0.1) is 9.72 Å². The second-order valence-electron chi connectivity index (χ2n) is 4.55. The van der Waals surface area contributed by atoms with Crippen LogP contribution in [0.2, 0.25) is 0 Å². The van der Waals surface area contributed by atoms with Crippen molar-refractivity contribution < 1.29 is 13.2 Å². The second-order valence-corrected chi connectivity index (χ2v) is 7.10. The van der Waals surface area contributed by atoms with E-state index in [0.29, 0.717) is 6.54 Å². The predicted molar refractivity (Wildman–Crippen MR) is 77.2 cm³/mol. The van der Waals surface area contributed by atoms with Gasteiger partial charge < -0.3 is 5.32 Å². The van der Waals surface area contributed by atoms with Crippen LogP contribution in [-0.2, 0) is 21.4 Å². The van der Waals surface area contributed by atoms with Crippen LogP contribution in [-0.4, -0.2) is 19.2 Å². The van der Waals surface area contributed by atoms with Gasteiger partial charge in [0.25, 0.3) is 0 Å². The minimum atomic E-state index is -3.67. The summed E-state index contributed by atoms with van der Waals surface area (Å²) in [7, 11) is -3.67. The van der Waals surface area contributed by atoms with Crippen LogP contribution in [0.4, 0.5) is 0 Å². The van der Waals surface area contributed by atoms with E-state index < -0.39 is 10.0 Å². The van der Waals surface area contributed by atoms with Crippen LogP contribution < -0.4 is 10.5 Å². The average Bonchev–Trinajstić information content (AvgIpc) is 2.34. The van der Waals surface area contributed by atoms with E-state index in [2.05, 4.69) is 21.2 Å². The fourth-order valence-corrected chi connectivity index (χ4v) is 2.06. The number of nitrogens with one attached hydrogen (secondary N) is 1. The Labute approximate surface area is 121 Å². The smallest absolute Gasteiger partial charge is 0.238 e.